The molecule has 0 unspecified atom stereocenters. The van der Waals surface area contributed by atoms with Crippen molar-refractivity contribution in [2.24, 2.45) is 0 Å². The zero-order chi connectivity index (χ0) is 20.2. The van der Waals surface area contributed by atoms with Gasteiger partial charge in [0, 0.05) is 44.0 Å². The molecule has 148 valence electrons. The number of hydrogen-bond acceptors (Lipinski definition) is 5. The van der Waals surface area contributed by atoms with Gasteiger partial charge in [0.2, 0.25) is 5.91 Å². The molecule has 0 aliphatic carbocycles. The van der Waals surface area contributed by atoms with Crippen molar-refractivity contribution in [1.82, 2.24) is 24.6 Å². The fraction of sp³-hybridized carbons (Fsp3) is 0.273. The van der Waals surface area contributed by atoms with Crippen molar-refractivity contribution in [1.29, 1.82) is 0 Å². The summed E-state index contributed by atoms with van der Waals surface area (Å²) in [7, 11) is 0. The Morgan fingerprint density at radius 1 is 0.966 bits per heavy atom. The predicted octanol–water partition coefficient (Wildman–Crippen LogP) is 2.64. The fourth-order valence-corrected chi connectivity index (χ4v) is 3.48. The van der Waals surface area contributed by atoms with Crippen LogP contribution < -0.4 is 4.90 Å². The zero-order valence-corrected chi connectivity index (χ0v) is 16.7. The van der Waals surface area contributed by atoms with Crippen LogP contribution in [0.15, 0.2) is 54.9 Å². The molecule has 2 aromatic heterocycles. The molecule has 1 saturated heterocycles. The summed E-state index contributed by atoms with van der Waals surface area (Å²) in [6.07, 6.45) is 5.08. The first-order chi connectivity index (χ1) is 14.1. The number of aromatic nitrogens is 4. The van der Waals surface area contributed by atoms with Crippen LogP contribution in [-0.2, 0) is 4.79 Å². The van der Waals surface area contributed by atoms with Crippen molar-refractivity contribution in [2.45, 2.75) is 13.8 Å². The first-order valence-electron chi connectivity index (χ1n) is 9.73. The van der Waals surface area contributed by atoms with E-state index < -0.39 is 0 Å². The van der Waals surface area contributed by atoms with Gasteiger partial charge >= 0.3 is 0 Å². The van der Waals surface area contributed by atoms with Gasteiger partial charge in [0.15, 0.2) is 5.82 Å². The monoisotopic (exact) mass is 388 g/mol. The highest BCUT2D eigenvalue weighted by Crippen LogP contribution is 2.17. The van der Waals surface area contributed by atoms with Gasteiger partial charge in [-0.2, -0.15) is 5.10 Å². The van der Waals surface area contributed by atoms with Gasteiger partial charge in [-0.25, -0.2) is 14.6 Å². The number of benzene rings is 1. The van der Waals surface area contributed by atoms with E-state index in [0.717, 1.165) is 41.7 Å². The Hall–Kier alpha value is -3.48. The van der Waals surface area contributed by atoms with E-state index in [1.165, 1.54) is 0 Å². The van der Waals surface area contributed by atoms with Crippen LogP contribution in [0.4, 0.5) is 5.82 Å². The first kappa shape index (κ1) is 18.9. The molecule has 3 aromatic rings. The van der Waals surface area contributed by atoms with E-state index in [2.05, 4.69) is 20.0 Å². The molecular weight excluding hydrogens is 364 g/mol. The van der Waals surface area contributed by atoms with Gasteiger partial charge in [-0.3, -0.25) is 4.79 Å². The smallest absolute Gasteiger partial charge is 0.246 e. The van der Waals surface area contributed by atoms with E-state index in [1.54, 1.807) is 12.4 Å². The second-order valence-electron chi connectivity index (χ2n) is 7.13. The lowest BCUT2D eigenvalue weighted by atomic mass is 10.2. The Morgan fingerprint density at radius 2 is 1.69 bits per heavy atom. The van der Waals surface area contributed by atoms with Gasteiger partial charge in [0.25, 0.3) is 0 Å². The molecule has 1 aliphatic rings. The number of hydrogen-bond donors (Lipinski definition) is 0. The highest BCUT2D eigenvalue weighted by atomic mass is 16.2. The van der Waals surface area contributed by atoms with Crippen molar-refractivity contribution in [3.8, 4) is 5.82 Å². The molecule has 4 rings (SSSR count). The molecule has 0 radical (unpaired) electrons. The van der Waals surface area contributed by atoms with Crippen molar-refractivity contribution in [3.63, 3.8) is 0 Å². The largest absolute Gasteiger partial charge is 0.353 e. The molecule has 0 saturated carbocycles. The van der Waals surface area contributed by atoms with Crippen LogP contribution in [0.3, 0.4) is 0 Å². The summed E-state index contributed by atoms with van der Waals surface area (Å²) < 4.78 is 1.83. The van der Waals surface area contributed by atoms with Gasteiger partial charge in [-0.1, -0.05) is 30.3 Å². The van der Waals surface area contributed by atoms with Crippen LogP contribution in [0.25, 0.3) is 11.9 Å². The number of carbonyl (C=O) groups excluding carboxylic acids is 1. The molecule has 0 atom stereocenters. The van der Waals surface area contributed by atoms with E-state index in [9.17, 15) is 4.79 Å². The molecule has 0 bridgehead atoms. The summed E-state index contributed by atoms with van der Waals surface area (Å²) in [6.45, 7) is 6.77. The molecule has 29 heavy (non-hydrogen) atoms. The molecule has 1 fully saturated rings. The molecule has 1 aliphatic heterocycles. The zero-order valence-electron chi connectivity index (χ0n) is 16.7. The third kappa shape index (κ3) is 4.34. The molecule has 1 aromatic carbocycles. The minimum Gasteiger partial charge on any atom is -0.353 e. The van der Waals surface area contributed by atoms with Crippen molar-refractivity contribution >= 4 is 17.8 Å². The van der Waals surface area contributed by atoms with Gasteiger partial charge in [0.1, 0.15) is 12.1 Å². The van der Waals surface area contributed by atoms with Gasteiger partial charge in [-0.15, -0.1) is 0 Å². The van der Waals surface area contributed by atoms with E-state index in [4.69, 9.17) is 0 Å². The quantitative estimate of drug-likeness (QED) is 0.643. The number of anilines is 1. The molecule has 0 N–H and O–H groups in total. The maximum Gasteiger partial charge on any atom is 0.246 e. The highest BCUT2D eigenvalue weighted by Gasteiger charge is 2.21. The van der Waals surface area contributed by atoms with Gasteiger partial charge in [0.05, 0.1) is 5.69 Å². The maximum atomic E-state index is 12.5. The van der Waals surface area contributed by atoms with Crippen LogP contribution >= 0.6 is 0 Å². The number of carbonyl (C=O) groups is 1. The molecule has 3 heterocycles. The van der Waals surface area contributed by atoms with Crippen LogP contribution in [0.5, 0.6) is 0 Å². The van der Waals surface area contributed by atoms with Crippen molar-refractivity contribution < 1.29 is 4.79 Å². The number of nitrogens with zero attached hydrogens (tertiary/aromatic N) is 6. The molecule has 1 amide bonds. The Kier molecular flexibility index (Phi) is 5.37. The third-order valence-corrected chi connectivity index (χ3v) is 5.00. The third-order valence-electron chi connectivity index (χ3n) is 5.00. The fourth-order valence-electron chi connectivity index (χ4n) is 3.48. The summed E-state index contributed by atoms with van der Waals surface area (Å²) in [5, 5.41) is 4.49. The SMILES string of the molecule is Cc1cc(C)n(-c2cc(N3CCN(C(=O)C=Cc4ccccc4)CC3)ncn2)n1. The molecule has 7 heteroatoms. The van der Waals surface area contributed by atoms with Gasteiger partial charge < -0.3 is 9.80 Å². The number of amides is 1. The second-order valence-corrected chi connectivity index (χ2v) is 7.13. The Morgan fingerprint density at radius 3 is 2.38 bits per heavy atom. The maximum absolute atomic E-state index is 12.5. The lowest BCUT2D eigenvalue weighted by Crippen LogP contribution is -2.48. The van der Waals surface area contributed by atoms with Crippen molar-refractivity contribution in [3.05, 3.63) is 71.8 Å². The Balaban J connectivity index is 1.40. The lowest BCUT2D eigenvalue weighted by Gasteiger charge is -2.35. The van der Waals surface area contributed by atoms with Crippen LogP contribution in [0.2, 0.25) is 0 Å². The van der Waals surface area contributed by atoms with Crippen LogP contribution in [-0.4, -0.2) is 56.7 Å². The number of aryl methyl sites for hydroxylation is 2. The summed E-state index contributed by atoms with van der Waals surface area (Å²) in [5.74, 6) is 1.65. The molecule has 7 nitrogen and oxygen atoms in total. The standard InChI is InChI=1S/C22H24N6O/c1-17-14-18(2)28(25-17)21-15-20(23-16-24-21)26-10-12-27(13-11-26)22(29)9-8-19-6-4-3-5-7-19/h3-9,14-16H,10-13H2,1-2H3. The average molecular weight is 388 g/mol. The second kappa shape index (κ2) is 8.26. The van der Waals surface area contributed by atoms with E-state index in [0.29, 0.717) is 13.1 Å². The van der Waals surface area contributed by atoms with E-state index >= 15 is 0 Å². The van der Waals surface area contributed by atoms with Crippen LogP contribution in [0, 0.1) is 13.8 Å². The molecular formula is C22H24N6O. The summed E-state index contributed by atoms with van der Waals surface area (Å²) >= 11 is 0. The summed E-state index contributed by atoms with van der Waals surface area (Å²) in [6, 6.07) is 13.8. The summed E-state index contributed by atoms with van der Waals surface area (Å²) in [5.41, 5.74) is 3.02. The predicted molar refractivity (Wildman–Crippen MR) is 113 cm³/mol. The topological polar surface area (TPSA) is 67.2 Å². The Labute approximate surface area is 170 Å². The molecule has 0 spiro atoms. The van der Waals surface area contributed by atoms with E-state index in [-0.39, 0.29) is 5.91 Å². The Bertz CT molecular complexity index is 1020. The average Bonchev–Trinajstić information content (AvgIpc) is 3.11. The lowest BCUT2D eigenvalue weighted by molar-refractivity contribution is -0.126. The number of rotatable bonds is 4. The minimum absolute atomic E-state index is 0.0412. The normalized spacial score (nSPS) is 14.6. The minimum atomic E-state index is 0.0412. The summed E-state index contributed by atoms with van der Waals surface area (Å²) in [4.78, 5) is 25.3. The highest BCUT2D eigenvalue weighted by molar-refractivity contribution is 5.91. The van der Waals surface area contributed by atoms with Crippen LogP contribution in [0.1, 0.15) is 17.0 Å². The number of piperazine rings is 1. The first-order valence-corrected chi connectivity index (χ1v) is 9.73. The van der Waals surface area contributed by atoms with Gasteiger partial charge in [-0.05, 0) is 31.6 Å². The van der Waals surface area contributed by atoms with E-state index in [1.807, 2.05) is 72.0 Å². The van der Waals surface area contributed by atoms with Crippen molar-refractivity contribution in [2.75, 3.05) is 31.1 Å².